The van der Waals surface area contributed by atoms with E-state index in [1.165, 1.54) is 75.1 Å². The van der Waals surface area contributed by atoms with Gasteiger partial charge in [0.1, 0.15) is 11.2 Å². The molecule has 0 bridgehead atoms. The summed E-state index contributed by atoms with van der Waals surface area (Å²) in [5, 5.41) is 9.65. The van der Waals surface area contributed by atoms with Crippen LogP contribution in [0.15, 0.2) is 217 Å². The zero-order chi connectivity index (χ0) is 38.9. The number of rotatable bonds is 6. The number of thiophene rings is 1. The average molecular weight is 770 g/mol. The second-order valence-electron chi connectivity index (χ2n) is 15.3. The normalized spacial score (nSPS) is 11.7. The molecule has 0 aliphatic heterocycles. The fraction of sp³-hybridized carbons (Fsp3) is 0. The van der Waals surface area contributed by atoms with E-state index in [1.54, 1.807) is 0 Å². The maximum absolute atomic E-state index is 6.60. The third kappa shape index (κ3) is 5.62. The van der Waals surface area contributed by atoms with Crippen molar-refractivity contribution in [2.75, 3.05) is 4.90 Å². The molecule has 0 atom stereocenters. The number of anilines is 3. The number of hydrogen-bond donors (Lipinski definition) is 0. The van der Waals surface area contributed by atoms with Crippen LogP contribution >= 0.6 is 11.3 Å². The van der Waals surface area contributed by atoms with E-state index >= 15 is 0 Å². The van der Waals surface area contributed by atoms with Crippen LogP contribution in [0.2, 0.25) is 0 Å². The van der Waals surface area contributed by atoms with Gasteiger partial charge in [-0.15, -0.1) is 11.3 Å². The number of para-hydroxylation sites is 1. The molecule has 12 aromatic rings. The maximum atomic E-state index is 6.60. The Balaban J connectivity index is 0.998. The lowest BCUT2D eigenvalue weighted by molar-refractivity contribution is 0.673. The smallest absolute Gasteiger partial charge is 0.144 e. The van der Waals surface area contributed by atoms with Crippen molar-refractivity contribution in [2.24, 2.45) is 0 Å². The number of fused-ring (bicyclic) bond motifs is 9. The van der Waals surface area contributed by atoms with Crippen molar-refractivity contribution >= 4 is 92.1 Å². The van der Waals surface area contributed by atoms with E-state index in [0.29, 0.717) is 0 Å². The molecule has 12 rings (SSSR count). The summed E-state index contributed by atoms with van der Waals surface area (Å²) in [5.74, 6) is 0. The standard InChI is InChI=1S/C56H35NOS/c1-2-10-36(11-3-1)37-22-27-43(28-23-37)57(44-29-25-40(26-30-44)47-16-8-13-39-12-4-5-14-46(39)47)45-31-24-38-20-21-41(34-42(38)35-45)48-17-9-19-52-54(48)55-53(59-52)33-32-50-49-15-6-7-18-51(49)58-56(50)55/h1-35H. The van der Waals surface area contributed by atoms with E-state index in [0.717, 1.165) is 39.0 Å². The first-order valence-electron chi connectivity index (χ1n) is 20.1. The number of furan rings is 1. The Morgan fingerprint density at radius 2 is 0.966 bits per heavy atom. The van der Waals surface area contributed by atoms with E-state index in [2.05, 4.69) is 211 Å². The van der Waals surface area contributed by atoms with Gasteiger partial charge in [0.15, 0.2) is 0 Å². The van der Waals surface area contributed by atoms with Crippen LogP contribution in [-0.2, 0) is 0 Å². The molecule has 0 aliphatic carbocycles. The van der Waals surface area contributed by atoms with Crippen LogP contribution in [0.5, 0.6) is 0 Å². The second kappa shape index (κ2) is 13.6. The molecule has 2 nitrogen and oxygen atoms in total. The molecule has 0 saturated heterocycles. The Kier molecular flexibility index (Phi) is 7.75. The van der Waals surface area contributed by atoms with Crippen molar-refractivity contribution in [1.29, 1.82) is 0 Å². The number of hydrogen-bond acceptors (Lipinski definition) is 3. The van der Waals surface area contributed by atoms with E-state index < -0.39 is 0 Å². The van der Waals surface area contributed by atoms with Crippen molar-refractivity contribution < 1.29 is 4.42 Å². The monoisotopic (exact) mass is 769 g/mol. The largest absolute Gasteiger partial charge is 0.455 e. The second-order valence-corrected chi connectivity index (χ2v) is 16.3. The molecule has 276 valence electrons. The molecule has 2 aromatic heterocycles. The summed E-state index contributed by atoms with van der Waals surface area (Å²) in [5.41, 5.74) is 12.4. The van der Waals surface area contributed by atoms with Gasteiger partial charge >= 0.3 is 0 Å². The molecule has 0 fully saturated rings. The zero-order valence-electron chi connectivity index (χ0n) is 32.0. The number of benzene rings is 10. The Bertz CT molecular complexity index is 3540. The minimum atomic E-state index is 0.924. The van der Waals surface area contributed by atoms with Crippen molar-refractivity contribution in [3.63, 3.8) is 0 Å². The first-order valence-corrected chi connectivity index (χ1v) is 20.9. The lowest BCUT2D eigenvalue weighted by Gasteiger charge is -2.26. The highest BCUT2D eigenvalue weighted by Gasteiger charge is 2.19. The average Bonchev–Trinajstić information content (AvgIpc) is 3.88. The fourth-order valence-electron chi connectivity index (χ4n) is 9.01. The van der Waals surface area contributed by atoms with Gasteiger partial charge in [-0.25, -0.2) is 0 Å². The predicted molar refractivity (Wildman–Crippen MR) is 253 cm³/mol. The Morgan fingerprint density at radius 1 is 0.339 bits per heavy atom. The van der Waals surface area contributed by atoms with Gasteiger partial charge in [0, 0.05) is 48.0 Å². The molecule has 0 spiro atoms. The topological polar surface area (TPSA) is 16.4 Å². The molecule has 59 heavy (non-hydrogen) atoms. The van der Waals surface area contributed by atoms with E-state index in [9.17, 15) is 0 Å². The molecule has 0 amide bonds. The third-order valence-electron chi connectivity index (χ3n) is 11.9. The molecule has 0 N–H and O–H groups in total. The lowest BCUT2D eigenvalue weighted by Crippen LogP contribution is -2.09. The van der Waals surface area contributed by atoms with Gasteiger partial charge in [0.25, 0.3) is 0 Å². The van der Waals surface area contributed by atoms with Gasteiger partial charge in [0.05, 0.1) is 0 Å². The molecule has 0 saturated carbocycles. The summed E-state index contributed by atoms with van der Waals surface area (Å²) in [6, 6.07) is 77.0. The lowest BCUT2D eigenvalue weighted by atomic mass is 9.96. The van der Waals surface area contributed by atoms with Crippen molar-refractivity contribution in [3.05, 3.63) is 212 Å². The van der Waals surface area contributed by atoms with E-state index in [1.807, 2.05) is 17.4 Å². The van der Waals surface area contributed by atoms with Crippen molar-refractivity contribution in [3.8, 4) is 33.4 Å². The fourth-order valence-corrected chi connectivity index (χ4v) is 10.1. The van der Waals surface area contributed by atoms with Crippen LogP contribution in [0.3, 0.4) is 0 Å². The van der Waals surface area contributed by atoms with Crippen molar-refractivity contribution in [2.45, 2.75) is 0 Å². The highest BCUT2D eigenvalue weighted by Crippen LogP contribution is 2.46. The SMILES string of the molecule is c1ccc(-c2ccc(N(c3ccc(-c4cccc5ccccc45)cc3)c3ccc4ccc(-c5cccc6sc7ccc8c9ccccc9oc8c7c56)cc4c3)cc2)cc1. The molecule has 2 heterocycles. The van der Waals surface area contributed by atoms with Gasteiger partial charge in [-0.05, 0) is 122 Å². The van der Waals surface area contributed by atoms with Crippen LogP contribution in [0.25, 0.3) is 97.0 Å². The van der Waals surface area contributed by atoms with Crippen LogP contribution in [0.4, 0.5) is 17.1 Å². The molecule has 0 aliphatic rings. The summed E-state index contributed by atoms with van der Waals surface area (Å²) in [6.45, 7) is 0. The number of nitrogens with zero attached hydrogens (tertiary/aromatic N) is 1. The predicted octanol–water partition coefficient (Wildman–Crippen LogP) is 16.7. The molecule has 10 aromatic carbocycles. The molecular weight excluding hydrogens is 735 g/mol. The minimum Gasteiger partial charge on any atom is -0.455 e. The summed E-state index contributed by atoms with van der Waals surface area (Å²) >= 11 is 1.83. The molecule has 0 unspecified atom stereocenters. The Hall–Kier alpha value is -7.46. The van der Waals surface area contributed by atoms with Crippen molar-refractivity contribution in [1.82, 2.24) is 0 Å². The minimum absolute atomic E-state index is 0.924. The van der Waals surface area contributed by atoms with Crippen LogP contribution in [0, 0.1) is 0 Å². The van der Waals surface area contributed by atoms with Gasteiger partial charge in [0.2, 0.25) is 0 Å². The highest BCUT2D eigenvalue weighted by atomic mass is 32.1. The van der Waals surface area contributed by atoms with Crippen LogP contribution in [-0.4, -0.2) is 0 Å². The molecular formula is C56H35NOS. The van der Waals surface area contributed by atoms with Crippen LogP contribution < -0.4 is 4.90 Å². The maximum Gasteiger partial charge on any atom is 0.144 e. The van der Waals surface area contributed by atoms with E-state index in [-0.39, 0.29) is 0 Å². The van der Waals surface area contributed by atoms with Crippen LogP contribution in [0.1, 0.15) is 0 Å². The highest BCUT2D eigenvalue weighted by molar-refractivity contribution is 7.26. The van der Waals surface area contributed by atoms with Gasteiger partial charge in [-0.3, -0.25) is 0 Å². The third-order valence-corrected chi connectivity index (χ3v) is 13.0. The summed E-state index contributed by atoms with van der Waals surface area (Å²) in [7, 11) is 0. The summed E-state index contributed by atoms with van der Waals surface area (Å²) in [6.07, 6.45) is 0. The van der Waals surface area contributed by atoms with E-state index in [4.69, 9.17) is 4.42 Å². The Morgan fingerprint density at radius 3 is 1.81 bits per heavy atom. The van der Waals surface area contributed by atoms with Gasteiger partial charge < -0.3 is 9.32 Å². The Labute approximate surface area is 345 Å². The molecule has 3 heteroatoms. The first kappa shape index (κ1) is 33.7. The van der Waals surface area contributed by atoms with Gasteiger partial charge in [-0.1, -0.05) is 146 Å². The first-order chi connectivity index (χ1) is 29.2. The van der Waals surface area contributed by atoms with Gasteiger partial charge in [-0.2, -0.15) is 0 Å². The summed E-state index contributed by atoms with van der Waals surface area (Å²) in [4.78, 5) is 2.37. The quantitative estimate of drug-likeness (QED) is 0.167. The molecule has 0 radical (unpaired) electrons. The zero-order valence-corrected chi connectivity index (χ0v) is 32.8. The summed E-state index contributed by atoms with van der Waals surface area (Å²) < 4.78 is 9.10.